The van der Waals surface area contributed by atoms with Crippen molar-refractivity contribution >= 4 is 29.5 Å². The Morgan fingerprint density at radius 2 is 1.96 bits per heavy atom. The van der Waals surface area contributed by atoms with Gasteiger partial charge in [0.15, 0.2) is 0 Å². The van der Waals surface area contributed by atoms with Crippen LogP contribution in [0.3, 0.4) is 0 Å². The molecule has 0 radical (unpaired) electrons. The van der Waals surface area contributed by atoms with E-state index in [0.29, 0.717) is 12.8 Å². The van der Waals surface area contributed by atoms with Gasteiger partial charge in [0.05, 0.1) is 12.1 Å². The number of carbonyl (C=O) groups excluding carboxylic acids is 5. The zero-order valence-electron chi connectivity index (χ0n) is 15.2. The first kappa shape index (κ1) is 20.4. The Kier molecular flexibility index (Phi) is 6.19. The van der Waals surface area contributed by atoms with Gasteiger partial charge in [-0.25, -0.2) is 0 Å². The fraction of sp³-hybridized carbons (Fsp3) is 0.588. The Morgan fingerprint density at radius 3 is 2.52 bits per heavy atom. The minimum Gasteiger partial charge on any atom is -0.370 e. The van der Waals surface area contributed by atoms with E-state index in [-0.39, 0.29) is 37.1 Å². The van der Waals surface area contributed by atoms with Gasteiger partial charge in [0.25, 0.3) is 0 Å². The summed E-state index contributed by atoms with van der Waals surface area (Å²) in [6, 6.07) is -1.48. The standard InChI is InChI=1S/C17H25N5O5/c1-3-17(2,22-15(26)6-9-4-5-13(24)19-9)16(27)21-11-8-14(25)20-10(11)7-12(18)23/h3,9-11H,1,4-8H2,2H3,(H2,18,23)(H,19,24)(H,20,25)(H,21,27)(H,22,26). The number of rotatable bonds is 8. The highest BCUT2D eigenvalue weighted by Crippen LogP contribution is 2.15. The zero-order valence-corrected chi connectivity index (χ0v) is 15.2. The van der Waals surface area contributed by atoms with E-state index >= 15 is 0 Å². The fourth-order valence-electron chi connectivity index (χ4n) is 3.18. The zero-order chi connectivity index (χ0) is 20.2. The van der Waals surface area contributed by atoms with E-state index in [0.717, 1.165) is 0 Å². The van der Waals surface area contributed by atoms with Gasteiger partial charge in [-0.05, 0) is 13.3 Å². The number of primary amides is 1. The normalized spacial score (nSPS) is 26.5. The van der Waals surface area contributed by atoms with Crippen LogP contribution in [0.1, 0.15) is 39.0 Å². The van der Waals surface area contributed by atoms with Crippen molar-refractivity contribution in [1.82, 2.24) is 21.3 Å². The molecule has 0 aliphatic carbocycles. The summed E-state index contributed by atoms with van der Waals surface area (Å²) in [5.74, 6) is -1.96. The van der Waals surface area contributed by atoms with Crippen molar-refractivity contribution in [2.24, 2.45) is 5.73 Å². The van der Waals surface area contributed by atoms with Gasteiger partial charge >= 0.3 is 0 Å². The number of nitrogens with one attached hydrogen (secondary N) is 4. The van der Waals surface area contributed by atoms with E-state index in [1.165, 1.54) is 13.0 Å². The molecule has 0 aromatic rings. The predicted molar refractivity (Wildman–Crippen MR) is 94.8 cm³/mol. The van der Waals surface area contributed by atoms with E-state index in [4.69, 9.17) is 5.73 Å². The molecule has 2 rings (SSSR count). The van der Waals surface area contributed by atoms with Gasteiger partial charge in [0.2, 0.25) is 29.5 Å². The maximum absolute atomic E-state index is 12.7. The van der Waals surface area contributed by atoms with Crippen molar-refractivity contribution in [2.75, 3.05) is 0 Å². The maximum atomic E-state index is 12.7. The molecule has 5 amide bonds. The van der Waals surface area contributed by atoms with Gasteiger partial charge < -0.3 is 27.0 Å². The van der Waals surface area contributed by atoms with E-state index in [1.807, 2.05) is 0 Å². The van der Waals surface area contributed by atoms with Crippen LogP contribution < -0.4 is 27.0 Å². The lowest BCUT2D eigenvalue weighted by atomic mass is 9.98. The summed E-state index contributed by atoms with van der Waals surface area (Å²) in [6.45, 7) is 5.09. The molecule has 0 bridgehead atoms. The lowest BCUT2D eigenvalue weighted by Crippen LogP contribution is -2.59. The average Bonchev–Trinajstić information content (AvgIpc) is 3.11. The predicted octanol–water partition coefficient (Wildman–Crippen LogP) is -2.04. The summed E-state index contributed by atoms with van der Waals surface area (Å²) in [7, 11) is 0. The molecule has 0 spiro atoms. The van der Waals surface area contributed by atoms with Crippen LogP contribution in [0.15, 0.2) is 12.7 Å². The quantitative estimate of drug-likeness (QED) is 0.307. The second kappa shape index (κ2) is 8.19. The van der Waals surface area contributed by atoms with E-state index in [1.54, 1.807) is 0 Å². The van der Waals surface area contributed by atoms with E-state index < -0.39 is 35.3 Å². The second-order valence-electron chi connectivity index (χ2n) is 7.09. The largest absolute Gasteiger partial charge is 0.370 e. The first-order chi connectivity index (χ1) is 12.6. The molecule has 2 heterocycles. The highest BCUT2D eigenvalue weighted by atomic mass is 16.2. The molecular weight excluding hydrogens is 354 g/mol. The van der Waals surface area contributed by atoms with Crippen LogP contribution in [0.5, 0.6) is 0 Å². The minimum absolute atomic E-state index is 0.0129. The van der Waals surface area contributed by atoms with Crippen LogP contribution in [0, 0.1) is 0 Å². The first-order valence-electron chi connectivity index (χ1n) is 8.75. The third kappa shape index (κ3) is 5.28. The van der Waals surface area contributed by atoms with Crippen molar-refractivity contribution in [3.05, 3.63) is 12.7 Å². The number of amides is 5. The number of hydrogen-bond acceptors (Lipinski definition) is 5. The van der Waals surface area contributed by atoms with Crippen LogP contribution in [-0.4, -0.2) is 53.2 Å². The number of nitrogens with two attached hydrogens (primary N) is 1. The number of carbonyl (C=O) groups is 5. The highest BCUT2D eigenvalue weighted by Gasteiger charge is 2.39. The van der Waals surface area contributed by atoms with Crippen molar-refractivity contribution in [2.45, 2.75) is 62.7 Å². The van der Waals surface area contributed by atoms with Gasteiger partial charge in [-0.2, -0.15) is 0 Å². The third-order valence-corrected chi connectivity index (χ3v) is 4.77. The Balaban J connectivity index is 1.97. The Morgan fingerprint density at radius 1 is 1.26 bits per heavy atom. The van der Waals surface area contributed by atoms with E-state index in [2.05, 4.69) is 27.8 Å². The van der Waals surface area contributed by atoms with Crippen LogP contribution in [0.2, 0.25) is 0 Å². The molecule has 4 atom stereocenters. The molecule has 6 N–H and O–H groups in total. The van der Waals surface area contributed by atoms with Crippen molar-refractivity contribution < 1.29 is 24.0 Å². The van der Waals surface area contributed by atoms with E-state index in [9.17, 15) is 24.0 Å². The molecule has 2 fully saturated rings. The summed E-state index contributed by atoms with van der Waals surface area (Å²) in [5, 5.41) is 10.6. The average molecular weight is 379 g/mol. The summed E-state index contributed by atoms with van der Waals surface area (Å²) < 4.78 is 0. The summed E-state index contributed by atoms with van der Waals surface area (Å²) in [4.78, 5) is 58.9. The van der Waals surface area contributed by atoms with Gasteiger partial charge in [-0.3, -0.25) is 24.0 Å². The summed E-state index contributed by atoms with van der Waals surface area (Å²) in [6.07, 6.45) is 2.19. The summed E-state index contributed by atoms with van der Waals surface area (Å²) >= 11 is 0. The topological polar surface area (TPSA) is 159 Å². The van der Waals surface area contributed by atoms with Crippen molar-refractivity contribution in [1.29, 1.82) is 0 Å². The van der Waals surface area contributed by atoms with Crippen LogP contribution in [-0.2, 0) is 24.0 Å². The third-order valence-electron chi connectivity index (χ3n) is 4.77. The molecule has 2 aliphatic heterocycles. The second-order valence-corrected chi connectivity index (χ2v) is 7.09. The SMILES string of the molecule is C=CC(C)(NC(=O)CC1CCC(=O)N1)C(=O)NC1CC(=O)NC1CC(N)=O. The molecule has 148 valence electrons. The molecule has 0 aromatic heterocycles. The van der Waals surface area contributed by atoms with Gasteiger partial charge in [0.1, 0.15) is 5.54 Å². The molecule has 10 nitrogen and oxygen atoms in total. The van der Waals surface area contributed by atoms with Crippen molar-refractivity contribution in [3.63, 3.8) is 0 Å². The Bertz CT molecular complexity index is 679. The Labute approximate surface area is 156 Å². The van der Waals surface area contributed by atoms with Gasteiger partial charge in [-0.15, -0.1) is 6.58 Å². The van der Waals surface area contributed by atoms with Crippen LogP contribution in [0.25, 0.3) is 0 Å². The monoisotopic (exact) mass is 379 g/mol. The molecule has 0 saturated carbocycles. The molecule has 2 aliphatic rings. The molecule has 2 saturated heterocycles. The van der Waals surface area contributed by atoms with Crippen LogP contribution >= 0.6 is 0 Å². The smallest absolute Gasteiger partial charge is 0.249 e. The highest BCUT2D eigenvalue weighted by molar-refractivity contribution is 5.94. The minimum atomic E-state index is -1.41. The molecule has 0 aromatic carbocycles. The van der Waals surface area contributed by atoms with Gasteiger partial charge in [0, 0.05) is 31.7 Å². The molecule has 4 unspecified atom stereocenters. The van der Waals surface area contributed by atoms with Crippen LogP contribution in [0.4, 0.5) is 0 Å². The lowest BCUT2D eigenvalue weighted by Gasteiger charge is -2.29. The lowest BCUT2D eigenvalue weighted by molar-refractivity contribution is -0.132. The van der Waals surface area contributed by atoms with Gasteiger partial charge in [-0.1, -0.05) is 6.08 Å². The fourth-order valence-corrected chi connectivity index (χ4v) is 3.18. The molecule has 10 heteroatoms. The molecule has 27 heavy (non-hydrogen) atoms. The Hall–Kier alpha value is -2.91. The first-order valence-corrected chi connectivity index (χ1v) is 8.75. The molecular formula is C17H25N5O5. The summed E-state index contributed by atoms with van der Waals surface area (Å²) in [5.41, 5.74) is 3.76. The number of hydrogen-bond donors (Lipinski definition) is 5. The maximum Gasteiger partial charge on any atom is 0.249 e. The van der Waals surface area contributed by atoms with Crippen molar-refractivity contribution in [3.8, 4) is 0 Å².